The Morgan fingerprint density at radius 3 is 2.14 bits per heavy atom. The molecule has 37 heavy (non-hydrogen) atoms. The van der Waals surface area contributed by atoms with Crippen LogP contribution in [-0.2, 0) is 37.1 Å². The molecule has 0 unspecified atom stereocenters. The van der Waals surface area contributed by atoms with E-state index in [9.17, 15) is 24.3 Å². The highest BCUT2D eigenvalue weighted by atomic mass is 16.5. The standard InChI is InChI=1S/C27H31N3O7/c31-21-14-23(26(34)36-17-19-8-3-1-4-9-19)30(16-21)25(33)22-12-7-13-29(22)24(32)15-28-27(35)37-18-20-10-5-2-6-11-20/h1-6,8-11,21-23,31H,7,12-18H2,(H,28,35)/t21-,22+,23+/m1/s1. The van der Waals surface area contributed by atoms with Gasteiger partial charge >= 0.3 is 12.1 Å². The van der Waals surface area contributed by atoms with Crippen molar-refractivity contribution in [3.63, 3.8) is 0 Å². The molecule has 3 atom stereocenters. The molecule has 2 N–H and O–H groups in total. The smallest absolute Gasteiger partial charge is 0.407 e. The Hall–Kier alpha value is -3.92. The molecule has 0 aromatic heterocycles. The lowest BCUT2D eigenvalue weighted by Gasteiger charge is -2.30. The lowest BCUT2D eigenvalue weighted by Crippen LogP contribution is -2.52. The van der Waals surface area contributed by atoms with E-state index in [-0.39, 0.29) is 32.7 Å². The molecule has 0 bridgehead atoms. The molecule has 2 aliphatic heterocycles. The fraction of sp³-hybridized carbons (Fsp3) is 0.407. The van der Waals surface area contributed by atoms with Gasteiger partial charge in [0.1, 0.15) is 31.8 Å². The lowest BCUT2D eigenvalue weighted by molar-refractivity contribution is -0.156. The van der Waals surface area contributed by atoms with Crippen molar-refractivity contribution in [1.82, 2.24) is 15.1 Å². The summed E-state index contributed by atoms with van der Waals surface area (Å²) in [4.78, 5) is 53.8. The van der Waals surface area contributed by atoms with Crippen molar-refractivity contribution >= 4 is 23.9 Å². The third-order valence-electron chi connectivity index (χ3n) is 6.51. The molecule has 0 aliphatic carbocycles. The number of ether oxygens (including phenoxy) is 2. The number of amides is 3. The summed E-state index contributed by atoms with van der Waals surface area (Å²) < 4.78 is 10.5. The predicted octanol–water partition coefficient (Wildman–Crippen LogP) is 1.61. The van der Waals surface area contributed by atoms with E-state index in [0.29, 0.717) is 19.4 Å². The minimum Gasteiger partial charge on any atom is -0.459 e. The van der Waals surface area contributed by atoms with Gasteiger partial charge in [-0.25, -0.2) is 9.59 Å². The fourth-order valence-electron chi connectivity index (χ4n) is 4.64. The minimum absolute atomic E-state index is 0.00741. The maximum Gasteiger partial charge on any atom is 0.407 e. The number of hydrogen-bond acceptors (Lipinski definition) is 7. The molecule has 2 aromatic rings. The molecule has 10 nitrogen and oxygen atoms in total. The average Bonchev–Trinajstić information content (AvgIpc) is 3.57. The van der Waals surface area contributed by atoms with Crippen molar-refractivity contribution in [3.8, 4) is 0 Å². The number of β-amino-alcohol motifs (C(OH)–C–C–N with tert-alkyl or cyclic N) is 1. The summed E-state index contributed by atoms with van der Waals surface area (Å²) in [5.74, 6) is -1.42. The lowest BCUT2D eigenvalue weighted by atomic mass is 10.1. The second-order valence-electron chi connectivity index (χ2n) is 9.15. The van der Waals surface area contributed by atoms with Crippen molar-refractivity contribution in [2.45, 2.75) is 50.7 Å². The summed E-state index contributed by atoms with van der Waals surface area (Å²) in [6.07, 6.45) is -0.468. The first-order chi connectivity index (χ1) is 17.9. The Morgan fingerprint density at radius 1 is 0.865 bits per heavy atom. The number of nitrogens with zero attached hydrogens (tertiary/aromatic N) is 2. The summed E-state index contributed by atoms with van der Waals surface area (Å²) in [5.41, 5.74) is 1.63. The molecule has 2 aliphatic rings. The zero-order valence-electron chi connectivity index (χ0n) is 20.5. The molecule has 2 saturated heterocycles. The van der Waals surface area contributed by atoms with Crippen LogP contribution in [0.1, 0.15) is 30.4 Å². The number of likely N-dealkylation sites (tertiary alicyclic amines) is 2. The number of carbonyl (C=O) groups is 4. The van der Waals surface area contributed by atoms with E-state index < -0.39 is 42.1 Å². The number of nitrogens with one attached hydrogen (secondary N) is 1. The quantitative estimate of drug-likeness (QED) is 0.518. The highest BCUT2D eigenvalue weighted by Gasteiger charge is 2.45. The largest absolute Gasteiger partial charge is 0.459 e. The van der Waals surface area contributed by atoms with Crippen LogP contribution in [0.2, 0.25) is 0 Å². The second-order valence-corrected chi connectivity index (χ2v) is 9.15. The normalized spacial score (nSPS) is 20.9. The van der Waals surface area contributed by atoms with Gasteiger partial charge in [-0.1, -0.05) is 60.7 Å². The summed E-state index contributed by atoms with van der Waals surface area (Å²) in [7, 11) is 0. The zero-order chi connectivity index (χ0) is 26.2. The Morgan fingerprint density at radius 2 is 1.49 bits per heavy atom. The van der Waals surface area contributed by atoms with Crippen molar-refractivity contribution in [2.24, 2.45) is 0 Å². The van der Waals surface area contributed by atoms with E-state index in [2.05, 4.69) is 5.32 Å². The van der Waals surface area contributed by atoms with Crippen LogP contribution >= 0.6 is 0 Å². The Balaban J connectivity index is 1.30. The highest BCUT2D eigenvalue weighted by Crippen LogP contribution is 2.26. The fourth-order valence-corrected chi connectivity index (χ4v) is 4.64. The van der Waals surface area contributed by atoms with Crippen LogP contribution in [0.3, 0.4) is 0 Å². The van der Waals surface area contributed by atoms with E-state index in [4.69, 9.17) is 9.47 Å². The van der Waals surface area contributed by atoms with Crippen LogP contribution in [0.4, 0.5) is 4.79 Å². The van der Waals surface area contributed by atoms with Gasteiger partial charge in [-0.05, 0) is 24.0 Å². The number of hydrogen-bond donors (Lipinski definition) is 2. The molecule has 10 heteroatoms. The zero-order valence-corrected chi connectivity index (χ0v) is 20.5. The molecule has 4 rings (SSSR count). The molecule has 2 heterocycles. The molecule has 2 fully saturated rings. The third-order valence-corrected chi connectivity index (χ3v) is 6.51. The van der Waals surface area contributed by atoms with E-state index in [1.54, 1.807) is 0 Å². The van der Waals surface area contributed by atoms with E-state index >= 15 is 0 Å². The monoisotopic (exact) mass is 509 g/mol. The van der Waals surface area contributed by atoms with Gasteiger partial charge in [0, 0.05) is 19.5 Å². The number of aliphatic hydroxyl groups is 1. The number of rotatable bonds is 8. The first kappa shape index (κ1) is 26.2. The SMILES string of the molecule is O=C(NCC(=O)N1CCC[C@H]1C(=O)N1C[C@H](O)C[C@H]1C(=O)OCc1ccccc1)OCc1ccccc1. The van der Waals surface area contributed by atoms with Gasteiger partial charge in [0.15, 0.2) is 0 Å². The Kier molecular flexibility index (Phi) is 8.73. The van der Waals surface area contributed by atoms with Gasteiger partial charge in [0.2, 0.25) is 11.8 Å². The molecular weight excluding hydrogens is 478 g/mol. The second kappa shape index (κ2) is 12.4. The van der Waals surface area contributed by atoms with E-state index in [1.807, 2.05) is 60.7 Å². The molecule has 0 radical (unpaired) electrons. The van der Waals surface area contributed by atoms with Gasteiger partial charge in [0.25, 0.3) is 0 Å². The first-order valence-electron chi connectivity index (χ1n) is 12.4. The van der Waals surface area contributed by atoms with Crippen LogP contribution in [0.5, 0.6) is 0 Å². The third kappa shape index (κ3) is 6.85. The molecule has 0 spiro atoms. The minimum atomic E-state index is -0.921. The summed E-state index contributed by atoms with van der Waals surface area (Å²) >= 11 is 0. The van der Waals surface area contributed by atoms with Crippen LogP contribution in [-0.4, -0.2) is 76.6 Å². The summed E-state index contributed by atoms with van der Waals surface area (Å²) in [6, 6.07) is 16.6. The number of alkyl carbamates (subject to hydrolysis) is 1. The van der Waals surface area contributed by atoms with Crippen LogP contribution in [0.15, 0.2) is 60.7 Å². The van der Waals surface area contributed by atoms with Gasteiger partial charge in [0.05, 0.1) is 6.10 Å². The topological polar surface area (TPSA) is 125 Å². The van der Waals surface area contributed by atoms with E-state index in [1.165, 1.54) is 9.80 Å². The van der Waals surface area contributed by atoms with Crippen molar-refractivity contribution < 1.29 is 33.8 Å². The maximum absolute atomic E-state index is 13.4. The van der Waals surface area contributed by atoms with Crippen molar-refractivity contribution in [1.29, 1.82) is 0 Å². The number of carbonyl (C=O) groups excluding carboxylic acids is 4. The molecule has 196 valence electrons. The number of esters is 1. The molecule has 0 saturated carbocycles. The van der Waals surface area contributed by atoms with Gasteiger partial charge in [-0.2, -0.15) is 0 Å². The van der Waals surface area contributed by atoms with Crippen LogP contribution in [0, 0.1) is 0 Å². The maximum atomic E-state index is 13.4. The summed E-state index contributed by atoms with van der Waals surface area (Å²) in [6.45, 7) is 0.170. The van der Waals surface area contributed by atoms with Gasteiger partial charge in [-0.15, -0.1) is 0 Å². The van der Waals surface area contributed by atoms with Crippen molar-refractivity contribution in [3.05, 3.63) is 71.8 Å². The Bertz CT molecular complexity index is 1100. The average molecular weight is 510 g/mol. The van der Waals surface area contributed by atoms with Gasteiger partial charge in [-0.3, -0.25) is 9.59 Å². The van der Waals surface area contributed by atoms with Crippen LogP contribution in [0.25, 0.3) is 0 Å². The Labute approximate surface area is 215 Å². The first-order valence-corrected chi connectivity index (χ1v) is 12.4. The molecule has 2 aromatic carbocycles. The summed E-state index contributed by atoms with van der Waals surface area (Å²) in [5, 5.41) is 12.6. The van der Waals surface area contributed by atoms with Gasteiger partial charge < -0.3 is 29.7 Å². The predicted molar refractivity (Wildman–Crippen MR) is 132 cm³/mol. The highest BCUT2D eigenvalue weighted by molar-refractivity contribution is 5.92. The van der Waals surface area contributed by atoms with Crippen LogP contribution < -0.4 is 5.32 Å². The van der Waals surface area contributed by atoms with Crippen molar-refractivity contribution in [2.75, 3.05) is 19.6 Å². The number of aliphatic hydroxyl groups excluding tert-OH is 1. The molecular formula is C27H31N3O7. The van der Waals surface area contributed by atoms with E-state index in [0.717, 1.165) is 11.1 Å². The number of benzene rings is 2. The molecule has 3 amide bonds.